The van der Waals surface area contributed by atoms with E-state index in [1.165, 1.54) is 124 Å². The molecule has 1 fully saturated rings. The highest BCUT2D eigenvalue weighted by molar-refractivity contribution is 7.33. The van der Waals surface area contributed by atoms with Crippen molar-refractivity contribution < 1.29 is 0 Å². The molecule has 5 heteroatoms. The van der Waals surface area contributed by atoms with Crippen molar-refractivity contribution in [3.05, 3.63) is 138 Å². The Balaban J connectivity index is 1.28. The van der Waals surface area contributed by atoms with E-state index in [0.717, 1.165) is 0 Å². The third-order valence-electron chi connectivity index (χ3n) is 15.2. The van der Waals surface area contributed by atoms with Crippen LogP contribution in [0.3, 0.4) is 0 Å². The van der Waals surface area contributed by atoms with Gasteiger partial charge in [0.25, 0.3) is 6.71 Å². The molecule has 8 aromatic rings. The fourth-order valence-corrected chi connectivity index (χ4v) is 13.3. The molecule has 0 radical (unpaired) electrons. The first-order valence-corrected chi connectivity index (χ1v) is 22.7. The first-order valence-electron chi connectivity index (χ1n) is 21.9. The Labute approximate surface area is 353 Å². The van der Waals surface area contributed by atoms with E-state index in [1.807, 2.05) is 11.3 Å². The van der Waals surface area contributed by atoms with Crippen molar-refractivity contribution in [2.45, 2.75) is 103 Å². The molecule has 3 aliphatic heterocycles. The van der Waals surface area contributed by atoms with Crippen LogP contribution in [0.1, 0.15) is 97.8 Å². The van der Waals surface area contributed by atoms with Crippen molar-refractivity contribution in [1.82, 2.24) is 4.57 Å². The molecule has 12 rings (SSSR count). The van der Waals surface area contributed by atoms with Gasteiger partial charge in [0.05, 0.1) is 27.9 Å². The minimum absolute atomic E-state index is 0.0526. The van der Waals surface area contributed by atoms with Gasteiger partial charge in [-0.1, -0.05) is 140 Å². The number of benzene rings is 6. The van der Waals surface area contributed by atoms with Crippen LogP contribution in [0.25, 0.3) is 31.9 Å². The van der Waals surface area contributed by atoms with Crippen LogP contribution in [0.2, 0.25) is 0 Å². The van der Waals surface area contributed by atoms with Crippen LogP contribution in [0, 0.1) is 0 Å². The van der Waals surface area contributed by atoms with E-state index < -0.39 is 0 Å². The quantitative estimate of drug-likeness (QED) is 0.162. The molecule has 6 aromatic carbocycles. The number of hydrogen-bond acceptors (Lipinski definition) is 3. The number of para-hydroxylation sites is 2. The number of aromatic nitrogens is 1. The molecule has 3 nitrogen and oxygen atoms in total. The number of fused-ring (bicyclic) bond motifs is 13. The Kier molecular flexibility index (Phi) is 7.09. The summed E-state index contributed by atoms with van der Waals surface area (Å²) in [7, 11) is 0. The maximum absolute atomic E-state index is 2.89. The summed E-state index contributed by atoms with van der Waals surface area (Å²) >= 11 is 1.99. The number of thiophene rings is 1. The van der Waals surface area contributed by atoms with Gasteiger partial charge in [-0.3, -0.25) is 0 Å². The molecule has 0 amide bonds. The summed E-state index contributed by atoms with van der Waals surface area (Å²) in [6.07, 6.45) is 4.94. The van der Waals surface area contributed by atoms with Gasteiger partial charge in [0.15, 0.2) is 0 Å². The summed E-state index contributed by atoms with van der Waals surface area (Å²) in [6, 6.07) is 47.3. The topological polar surface area (TPSA) is 11.4 Å². The van der Waals surface area contributed by atoms with E-state index in [4.69, 9.17) is 0 Å². The van der Waals surface area contributed by atoms with Gasteiger partial charge in [0.2, 0.25) is 0 Å². The summed E-state index contributed by atoms with van der Waals surface area (Å²) in [5, 5.41) is 4.08. The highest BCUT2D eigenvalue weighted by Gasteiger charge is 2.56. The zero-order chi connectivity index (χ0) is 40.4. The number of nitrogens with zero attached hydrogens (tertiary/aromatic N) is 3. The van der Waals surface area contributed by atoms with Gasteiger partial charge in [-0.2, -0.15) is 0 Å². The van der Waals surface area contributed by atoms with Gasteiger partial charge >= 0.3 is 0 Å². The van der Waals surface area contributed by atoms with Crippen molar-refractivity contribution in [3.63, 3.8) is 0 Å². The standard InChI is InChI=1S/C54H52BN3S/c1-51(2,3)33-22-26-35(27-23-33)56-42-20-11-10-19-41(42)55-45-43(56)32-39-37-17-15-18-40-46(37)58(54(8)31-14-13-30-53(40,54)7)47(39)49(45)57(36-28-24-34(25-29-36)52(4,5)6)48-38-16-9-12-21-44(38)59-50(48)55/h9-12,15-29,32H,13-14,30-31H2,1-8H3. The third kappa shape index (κ3) is 4.55. The molecule has 2 unspecified atom stereocenters. The van der Waals surface area contributed by atoms with E-state index >= 15 is 0 Å². The third-order valence-corrected chi connectivity index (χ3v) is 16.5. The minimum Gasteiger partial charge on any atom is -0.332 e. The molecule has 1 saturated carbocycles. The summed E-state index contributed by atoms with van der Waals surface area (Å²) in [6.45, 7) is 19.2. The Morgan fingerprint density at radius 2 is 1.20 bits per heavy atom. The van der Waals surface area contributed by atoms with Crippen molar-refractivity contribution in [1.29, 1.82) is 0 Å². The van der Waals surface area contributed by atoms with Crippen LogP contribution in [-0.2, 0) is 21.8 Å². The average molecular weight is 786 g/mol. The lowest BCUT2D eigenvalue weighted by molar-refractivity contribution is 0.123. The Bertz CT molecular complexity index is 3070. The minimum atomic E-state index is -0.0526. The van der Waals surface area contributed by atoms with E-state index in [2.05, 4.69) is 191 Å². The van der Waals surface area contributed by atoms with Crippen LogP contribution in [-0.4, -0.2) is 11.3 Å². The molecule has 292 valence electrons. The van der Waals surface area contributed by atoms with Gasteiger partial charge in [0, 0.05) is 53.8 Å². The Morgan fingerprint density at radius 3 is 1.92 bits per heavy atom. The van der Waals surface area contributed by atoms with Crippen molar-refractivity contribution >= 4 is 99.8 Å². The highest BCUT2D eigenvalue weighted by Crippen LogP contribution is 2.62. The van der Waals surface area contributed by atoms with Crippen LogP contribution >= 0.6 is 11.3 Å². The molecule has 0 spiro atoms. The molecule has 0 saturated heterocycles. The largest absolute Gasteiger partial charge is 0.332 e. The normalized spacial score (nSPS) is 20.6. The predicted molar refractivity (Wildman–Crippen MR) is 256 cm³/mol. The monoisotopic (exact) mass is 785 g/mol. The first kappa shape index (κ1) is 35.7. The highest BCUT2D eigenvalue weighted by atomic mass is 32.1. The SMILES string of the molecule is CC(C)(C)c1ccc(N2c3ccccc3B3c4sc5ccccc5c4N(c4ccc(C(C)(C)C)cc4)c4c3c2cc2c3cccc5c3n(c42)C2(C)CCCCC52C)cc1. The molecule has 4 aliphatic rings. The molecule has 5 heterocycles. The van der Waals surface area contributed by atoms with Crippen LogP contribution in [0.4, 0.5) is 34.1 Å². The molecule has 1 aliphatic carbocycles. The lowest BCUT2D eigenvalue weighted by atomic mass is 9.36. The van der Waals surface area contributed by atoms with Gasteiger partial charge in [-0.05, 0) is 101 Å². The smallest absolute Gasteiger partial charge is 0.264 e. The number of rotatable bonds is 2. The second-order valence-corrected chi connectivity index (χ2v) is 21.6. The van der Waals surface area contributed by atoms with E-state index in [-0.39, 0.29) is 28.5 Å². The average Bonchev–Trinajstić information content (AvgIpc) is 3.84. The molecule has 2 atom stereocenters. The van der Waals surface area contributed by atoms with Crippen LogP contribution in [0.15, 0.2) is 121 Å². The van der Waals surface area contributed by atoms with Gasteiger partial charge in [-0.25, -0.2) is 0 Å². The maximum atomic E-state index is 2.89. The summed E-state index contributed by atoms with van der Waals surface area (Å²) in [4.78, 5) is 5.32. The molecule has 59 heavy (non-hydrogen) atoms. The zero-order valence-corrected chi connectivity index (χ0v) is 36.5. The summed E-state index contributed by atoms with van der Waals surface area (Å²) < 4.78 is 5.66. The molecule has 2 aromatic heterocycles. The van der Waals surface area contributed by atoms with E-state index in [9.17, 15) is 0 Å². The van der Waals surface area contributed by atoms with Crippen molar-refractivity contribution in [3.8, 4) is 0 Å². The van der Waals surface area contributed by atoms with Crippen molar-refractivity contribution in [2.75, 3.05) is 9.80 Å². The van der Waals surface area contributed by atoms with E-state index in [0.29, 0.717) is 0 Å². The fourth-order valence-electron chi connectivity index (χ4n) is 12.0. The number of hydrogen-bond donors (Lipinski definition) is 0. The predicted octanol–water partition coefficient (Wildman–Crippen LogP) is 13.2. The Hall–Kier alpha value is -5.26. The molecular formula is C54H52BN3S. The van der Waals surface area contributed by atoms with Gasteiger partial charge in [0.1, 0.15) is 0 Å². The zero-order valence-electron chi connectivity index (χ0n) is 35.7. The van der Waals surface area contributed by atoms with Crippen molar-refractivity contribution in [2.24, 2.45) is 0 Å². The Morgan fingerprint density at radius 1 is 0.576 bits per heavy atom. The van der Waals surface area contributed by atoms with E-state index in [1.54, 1.807) is 0 Å². The van der Waals surface area contributed by atoms with Gasteiger partial charge < -0.3 is 14.4 Å². The lowest BCUT2D eigenvalue weighted by Crippen LogP contribution is -2.60. The van der Waals surface area contributed by atoms with Gasteiger partial charge in [-0.15, -0.1) is 11.3 Å². The summed E-state index contributed by atoms with van der Waals surface area (Å²) in [5.41, 5.74) is 17.7. The maximum Gasteiger partial charge on any atom is 0.264 e. The van der Waals surface area contributed by atoms with Crippen LogP contribution < -0.4 is 25.5 Å². The molecule has 0 N–H and O–H groups in total. The summed E-state index contributed by atoms with van der Waals surface area (Å²) in [5.74, 6) is 0. The molecule has 0 bridgehead atoms. The number of anilines is 6. The second kappa shape index (κ2) is 11.7. The second-order valence-electron chi connectivity index (χ2n) is 20.5. The fraction of sp³-hybridized carbons (Fsp3) is 0.296. The first-order chi connectivity index (χ1) is 28.3. The molecular weight excluding hydrogens is 733 g/mol. The lowest BCUT2D eigenvalue weighted by Gasteiger charge is -2.48. The van der Waals surface area contributed by atoms with Crippen LogP contribution in [0.5, 0.6) is 0 Å².